The van der Waals surface area contributed by atoms with Crippen molar-refractivity contribution in [3.8, 4) is 0 Å². The van der Waals surface area contributed by atoms with Gasteiger partial charge in [-0.3, -0.25) is 4.79 Å². The number of rotatable bonds is 6. The SMILES string of the molecule is CCN(c1ccc(C(=O)NCC2(O)CCOCC2)cc1)C(C)C. The van der Waals surface area contributed by atoms with E-state index < -0.39 is 5.60 Å². The zero-order chi connectivity index (χ0) is 16.9. The Bertz CT molecular complexity index is 508. The number of amides is 1. The van der Waals surface area contributed by atoms with E-state index in [2.05, 4.69) is 31.0 Å². The standard InChI is InChI=1S/C18H28N2O3/c1-4-20(14(2)3)16-7-5-15(6-8-16)17(21)19-13-18(22)9-11-23-12-10-18/h5-8,14,22H,4,9-13H2,1-3H3,(H,19,21). The second kappa shape index (κ2) is 7.79. The lowest BCUT2D eigenvalue weighted by atomic mass is 9.94. The van der Waals surface area contributed by atoms with Gasteiger partial charge in [-0.15, -0.1) is 0 Å². The predicted octanol–water partition coefficient (Wildman–Crippen LogP) is 2.19. The number of hydrogen-bond acceptors (Lipinski definition) is 4. The summed E-state index contributed by atoms with van der Waals surface area (Å²) in [6.07, 6.45) is 1.12. The molecule has 1 aliphatic rings. The van der Waals surface area contributed by atoms with Crippen LogP contribution in [0.15, 0.2) is 24.3 Å². The molecule has 0 aliphatic carbocycles. The second-order valence-corrected chi connectivity index (χ2v) is 6.45. The van der Waals surface area contributed by atoms with Gasteiger partial charge in [0.2, 0.25) is 0 Å². The first kappa shape index (κ1) is 17.8. The van der Waals surface area contributed by atoms with Crippen molar-refractivity contribution in [1.29, 1.82) is 0 Å². The summed E-state index contributed by atoms with van der Waals surface area (Å²) in [4.78, 5) is 14.5. The van der Waals surface area contributed by atoms with Gasteiger partial charge < -0.3 is 20.1 Å². The maximum atomic E-state index is 12.2. The predicted molar refractivity (Wildman–Crippen MR) is 91.9 cm³/mol. The van der Waals surface area contributed by atoms with Crippen molar-refractivity contribution in [3.05, 3.63) is 29.8 Å². The summed E-state index contributed by atoms with van der Waals surface area (Å²) >= 11 is 0. The van der Waals surface area contributed by atoms with Crippen LogP contribution in [-0.4, -0.2) is 49.0 Å². The molecule has 0 unspecified atom stereocenters. The number of nitrogens with zero attached hydrogens (tertiary/aromatic N) is 1. The summed E-state index contributed by atoms with van der Waals surface area (Å²) in [6, 6.07) is 8.04. The van der Waals surface area contributed by atoms with Crippen LogP contribution in [0.1, 0.15) is 44.0 Å². The lowest BCUT2D eigenvalue weighted by molar-refractivity contribution is -0.0605. The molecule has 1 aromatic rings. The minimum Gasteiger partial charge on any atom is -0.388 e. The molecule has 5 nitrogen and oxygen atoms in total. The first-order chi connectivity index (χ1) is 10.9. The lowest BCUT2D eigenvalue weighted by Gasteiger charge is -2.32. The lowest BCUT2D eigenvalue weighted by Crippen LogP contribution is -2.46. The minimum atomic E-state index is -0.843. The first-order valence-electron chi connectivity index (χ1n) is 8.40. The van der Waals surface area contributed by atoms with Crippen LogP contribution in [0.4, 0.5) is 5.69 Å². The molecule has 1 aliphatic heterocycles. The van der Waals surface area contributed by atoms with Crippen LogP contribution in [0.25, 0.3) is 0 Å². The second-order valence-electron chi connectivity index (χ2n) is 6.45. The van der Waals surface area contributed by atoms with Crippen LogP contribution in [-0.2, 0) is 4.74 Å². The summed E-state index contributed by atoms with van der Waals surface area (Å²) in [6.45, 7) is 8.71. The van der Waals surface area contributed by atoms with E-state index in [1.54, 1.807) is 0 Å². The topological polar surface area (TPSA) is 61.8 Å². The molecule has 0 bridgehead atoms. The Hall–Kier alpha value is -1.59. The zero-order valence-electron chi connectivity index (χ0n) is 14.3. The van der Waals surface area contributed by atoms with E-state index in [0.717, 1.165) is 12.2 Å². The highest BCUT2D eigenvalue weighted by atomic mass is 16.5. The van der Waals surface area contributed by atoms with E-state index in [9.17, 15) is 9.90 Å². The maximum Gasteiger partial charge on any atom is 0.251 e. The Labute approximate surface area is 138 Å². The average molecular weight is 320 g/mol. The quantitative estimate of drug-likeness (QED) is 0.843. The number of nitrogens with one attached hydrogen (secondary N) is 1. The molecule has 128 valence electrons. The Morgan fingerprint density at radius 3 is 2.43 bits per heavy atom. The summed E-state index contributed by atoms with van der Waals surface area (Å²) in [5.41, 5.74) is 0.885. The Morgan fingerprint density at radius 2 is 1.91 bits per heavy atom. The molecule has 2 N–H and O–H groups in total. The fourth-order valence-electron chi connectivity index (χ4n) is 2.93. The number of benzene rings is 1. The number of carbonyl (C=O) groups is 1. The summed E-state index contributed by atoms with van der Waals surface area (Å²) in [5, 5.41) is 13.2. The fourth-order valence-corrected chi connectivity index (χ4v) is 2.93. The van der Waals surface area contributed by atoms with Crippen LogP contribution >= 0.6 is 0 Å². The molecule has 0 atom stereocenters. The highest BCUT2D eigenvalue weighted by Crippen LogP contribution is 2.20. The smallest absolute Gasteiger partial charge is 0.251 e. The Balaban J connectivity index is 1.94. The average Bonchev–Trinajstić information content (AvgIpc) is 2.54. The largest absolute Gasteiger partial charge is 0.388 e. The van der Waals surface area contributed by atoms with Crippen LogP contribution in [0, 0.1) is 0 Å². The molecule has 0 radical (unpaired) electrons. The van der Waals surface area contributed by atoms with Crippen LogP contribution in [0.2, 0.25) is 0 Å². The van der Waals surface area contributed by atoms with Crippen molar-refractivity contribution < 1.29 is 14.6 Å². The molecule has 1 saturated heterocycles. The van der Waals surface area contributed by atoms with E-state index in [-0.39, 0.29) is 12.5 Å². The van der Waals surface area contributed by atoms with Crippen LogP contribution in [0.3, 0.4) is 0 Å². The monoisotopic (exact) mass is 320 g/mol. The number of anilines is 1. The van der Waals surface area contributed by atoms with E-state index in [1.165, 1.54) is 0 Å². The number of aliphatic hydroxyl groups is 1. The number of ether oxygens (including phenoxy) is 1. The molecule has 1 amide bonds. The van der Waals surface area contributed by atoms with E-state index >= 15 is 0 Å². The first-order valence-corrected chi connectivity index (χ1v) is 8.40. The van der Waals surface area contributed by atoms with E-state index in [4.69, 9.17) is 4.74 Å². The third-order valence-electron chi connectivity index (χ3n) is 4.43. The Kier molecular flexibility index (Phi) is 6.02. The van der Waals surface area contributed by atoms with Crippen molar-refractivity contribution in [2.45, 2.75) is 45.3 Å². The van der Waals surface area contributed by atoms with Crippen LogP contribution in [0.5, 0.6) is 0 Å². The van der Waals surface area contributed by atoms with Gasteiger partial charge in [0, 0.05) is 56.4 Å². The molecule has 0 spiro atoms. The highest BCUT2D eigenvalue weighted by Gasteiger charge is 2.30. The van der Waals surface area contributed by atoms with Gasteiger partial charge in [0.05, 0.1) is 5.60 Å². The van der Waals surface area contributed by atoms with Gasteiger partial charge >= 0.3 is 0 Å². The minimum absolute atomic E-state index is 0.149. The molecule has 2 rings (SSSR count). The number of hydrogen-bond donors (Lipinski definition) is 2. The van der Waals surface area contributed by atoms with Gasteiger partial charge in [-0.25, -0.2) is 0 Å². The summed E-state index contributed by atoms with van der Waals surface area (Å²) < 4.78 is 5.24. The third kappa shape index (κ3) is 4.69. The molecule has 5 heteroatoms. The summed E-state index contributed by atoms with van der Waals surface area (Å²) in [7, 11) is 0. The maximum absolute atomic E-state index is 12.2. The van der Waals surface area contributed by atoms with Gasteiger partial charge in [-0.05, 0) is 45.0 Å². The Morgan fingerprint density at radius 1 is 1.30 bits per heavy atom. The zero-order valence-corrected chi connectivity index (χ0v) is 14.3. The molecular weight excluding hydrogens is 292 g/mol. The van der Waals surface area contributed by atoms with Gasteiger partial charge in [0.25, 0.3) is 5.91 Å². The molecule has 23 heavy (non-hydrogen) atoms. The van der Waals surface area contributed by atoms with Crippen molar-refractivity contribution in [3.63, 3.8) is 0 Å². The van der Waals surface area contributed by atoms with E-state index in [1.807, 2.05) is 24.3 Å². The van der Waals surface area contributed by atoms with Crippen LogP contribution < -0.4 is 10.2 Å². The van der Waals surface area contributed by atoms with Gasteiger partial charge in [0.1, 0.15) is 0 Å². The molecular formula is C18H28N2O3. The third-order valence-corrected chi connectivity index (χ3v) is 4.43. The van der Waals surface area contributed by atoms with Gasteiger partial charge in [-0.2, -0.15) is 0 Å². The van der Waals surface area contributed by atoms with E-state index in [0.29, 0.717) is 37.7 Å². The molecule has 0 saturated carbocycles. The van der Waals surface area contributed by atoms with Crippen molar-refractivity contribution in [2.75, 3.05) is 31.2 Å². The summed E-state index contributed by atoms with van der Waals surface area (Å²) in [5.74, 6) is -0.149. The fraction of sp³-hybridized carbons (Fsp3) is 0.611. The van der Waals surface area contributed by atoms with Crippen molar-refractivity contribution in [2.24, 2.45) is 0 Å². The molecule has 1 fully saturated rings. The number of carbonyl (C=O) groups excluding carboxylic acids is 1. The molecule has 1 heterocycles. The van der Waals surface area contributed by atoms with Crippen molar-refractivity contribution >= 4 is 11.6 Å². The highest BCUT2D eigenvalue weighted by molar-refractivity contribution is 5.94. The van der Waals surface area contributed by atoms with Gasteiger partial charge in [0.15, 0.2) is 0 Å². The normalized spacial score (nSPS) is 17.1. The van der Waals surface area contributed by atoms with Crippen molar-refractivity contribution in [1.82, 2.24) is 5.32 Å². The molecule has 1 aromatic carbocycles. The van der Waals surface area contributed by atoms with Gasteiger partial charge in [-0.1, -0.05) is 0 Å². The molecule has 0 aromatic heterocycles.